The molecule has 0 N–H and O–H groups in total. The van der Waals surface area contributed by atoms with Crippen LogP contribution in [0.2, 0.25) is 0 Å². The van der Waals surface area contributed by atoms with Crippen LogP contribution in [0.3, 0.4) is 0 Å². The first-order valence-electron chi connectivity index (χ1n) is 8.65. The molecule has 2 aliphatic heterocycles. The first kappa shape index (κ1) is 14.8. The summed E-state index contributed by atoms with van der Waals surface area (Å²) < 4.78 is 5.45. The minimum absolute atomic E-state index is 0.718. The number of hydrogen-bond donors (Lipinski definition) is 0. The third-order valence-electron chi connectivity index (χ3n) is 4.90. The normalized spacial score (nSPS) is 23.3. The lowest BCUT2D eigenvalue weighted by atomic mass is 9.97. The molecular formula is C18H24N4O. The number of para-hydroxylation sites is 2. The fraction of sp³-hybridized carbons (Fsp3) is 0.556. The smallest absolute Gasteiger partial charge is 0.147 e. The van der Waals surface area contributed by atoms with Gasteiger partial charge >= 0.3 is 0 Å². The van der Waals surface area contributed by atoms with Gasteiger partial charge in [-0.15, -0.1) is 0 Å². The Bertz CT molecular complexity index is 656. The second-order valence-corrected chi connectivity index (χ2v) is 6.58. The summed E-state index contributed by atoms with van der Waals surface area (Å²) in [7, 11) is 0. The Labute approximate surface area is 137 Å². The van der Waals surface area contributed by atoms with Crippen molar-refractivity contribution >= 4 is 16.9 Å². The number of benzene rings is 1. The Morgan fingerprint density at radius 3 is 2.78 bits per heavy atom. The molecule has 0 radical (unpaired) electrons. The Morgan fingerprint density at radius 2 is 1.91 bits per heavy atom. The average Bonchev–Trinajstić information content (AvgIpc) is 2.62. The minimum Gasteiger partial charge on any atom is -0.379 e. The minimum atomic E-state index is 0.718. The van der Waals surface area contributed by atoms with Crippen LogP contribution in [0.15, 0.2) is 30.5 Å². The van der Waals surface area contributed by atoms with Crippen LogP contribution in [-0.4, -0.2) is 60.8 Å². The molecule has 2 aromatic rings. The van der Waals surface area contributed by atoms with Crippen LogP contribution in [-0.2, 0) is 4.74 Å². The van der Waals surface area contributed by atoms with Crippen LogP contribution in [0.1, 0.15) is 12.8 Å². The van der Waals surface area contributed by atoms with E-state index in [1.165, 1.54) is 19.4 Å². The zero-order valence-electron chi connectivity index (χ0n) is 13.5. The van der Waals surface area contributed by atoms with E-state index in [4.69, 9.17) is 9.72 Å². The van der Waals surface area contributed by atoms with Gasteiger partial charge < -0.3 is 9.64 Å². The van der Waals surface area contributed by atoms with Crippen LogP contribution in [0.5, 0.6) is 0 Å². The zero-order chi connectivity index (χ0) is 15.5. The zero-order valence-corrected chi connectivity index (χ0v) is 13.5. The first-order chi connectivity index (χ1) is 11.4. The molecule has 5 heteroatoms. The maximum Gasteiger partial charge on any atom is 0.147 e. The largest absolute Gasteiger partial charge is 0.379 e. The third-order valence-corrected chi connectivity index (χ3v) is 4.90. The van der Waals surface area contributed by atoms with Crippen LogP contribution >= 0.6 is 0 Å². The van der Waals surface area contributed by atoms with Crippen molar-refractivity contribution in [3.63, 3.8) is 0 Å². The Morgan fingerprint density at radius 1 is 1.09 bits per heavy atom. The van der Waals surface area contributed by atoms with Crippen molar-refractivity contribution in [2.75, 3.05) is 50.8 Å². The number of ether oxygens (including phenoxy) is 1. The molecule has 4 rings (SSSR count). The highest BCUT2D eigenvalue weighted by Gasteiger charge is 2.24. The van der Waals surface area contributed by atoms with Crippen molar-refractivity contribution in [3.8, 4) is 0 Å². The van der Waals surface area contributed by atoms with Gasteiger partial charge in [0, 0.05) is 32.7 Å². The Hall–Kier alpha value is -1.72. The molecule has 0 spiro atoms. The molecular weight excluding hydrogens is 288 g/mol. The molecule has 0 bridgehead atoms. The topological polar surface area (TPSA) is 41.5 Å². The lowest BCUT2D eigenvalue weighted by Crippen LogP contribution is -2.44. The van der Waals surface area contributed by atoms with Gasteiger partial charge in [0.25, 0.3) is 0 Å². The van der Waals surface area contributed by atoms with E-state index in [0.29, 0.717) is 0 Å². The fourth-order valence-electron chi connectivity index (χ4n) is 3.67. The summed E-state index contributed by atoms with van der Waals surface area (Å²) in [4.78, 5) is 14.3. The summed E-state index contributed by atoms with van der Waals surface area (Å²) >= 11 is 0. The van der Waals surface area contributed by atoms with Crippen LogP contribution in [0, 0.1) is 5.92 Å². The molecule has 0 amide bonds. The van der Waals surface area contributed by atoms with E-state index in [9.17, 15) is 0 Å². The number of nitrogens with zero attached hydrogens (tertiary/aromatic N) is 4. The van der Waals surface area contributed by atoms with Crippen molar-refractivity contribution in [3.05, 3.63) is 30.5 Å². The number of rotatable bonds is 3. The SMILES string of the molecule is c1ccc2nc(N3CCC[C@@H](CN4CCOCC4)C3)cnc2c1. The first-order valence-corrected chi connectivity index (χ1v) is 8.65. The molecule has 0 unspecified atom stereocenters. The number of aromatic nitrogens is 2. The summed E-state index contributed by atoms with van der Waals surface area (Å²) in [5, 5.41) is 0. The van der Waals surface area contributed by atoms with E-state index >= 15 is 0 Å². The number of hydrogen-bond acceptors (Lipinski definition) is 5. The molecule has 0 aliphatic carbocycles. The second-order valence-electron chi connectivity index (χ2n) is 6.58. The van der Waals surface area contributed by atoms with E-state index in [-0.39, 0.29) is 0 Å². The van der Waals surface area contributed by atoms with Crippen molar-refractivity contribution in [2.24, 2.45) is 5.92 Å². The summed E-state index contributed by atoms with van der Waals surface area (Å²) in [6.45, 7) is 7.27. The molecule has 23 heavy (non-hydrogen) atoms. The summed E-state index contributed by atoms with van der Waals surface area (Å²) in [5.74, 6) is 1.74. The van der Waals surface area contributed by atoms with Crippen LogP contribution in [0.25, 0.3) is 11.0 Å². The predicted octanol–water partition coefficient (Wildman–Crippen LogP) is 2.18. The molecule has 122 valence electrons. The highest BCUT2D eigenvalue weighted by atomic mass is 16.5. The highest BCUT2D eigenvalue weighted by molar-refractivity contribution is 5.75. The van der Waals surface area contributed by atoms with Gasteiger partial charge in [0.05, 0.1) is 30.4 Å². The molecule has 1 aromatic carbocycles. The Balaban J connectivity index is 1.45. The second kappa shape index (κ2) is 6.81. The van der Waals surface area contributed by atoms with E-state index in [2.05, 4.69) is 14.8 Å². The third kappa shape index (κ3) is 3.46. The van der Waals surface area contributed by atoms with Gasteiger partial charge in [0.1, 0.15) is 5.82 Å². The maximum absolute atomic E-state index is 5.45. The average molecular weight is 312 g/mol. The van der Waals surface area contributed by atoms with Crippen molar-refractivity contribution in [1.82, 2.24) is 14.9 Å². The van der Waals surface area contributed by atoms with Gasteiger partial charge in [-0.1, -0.05) is 12.1 Å². The van der Waals surface area contributed by atoms with Gasteiger partial charge in [-0.2, -0.15) is 0 Å². The van der Waals surface area contributed by atoms with Gasteiger partial charge in [-0.3, -0.25) is 9.88 Å². The summed E-state index contributed by atoms with van der Waals surface area (Å²) in [6.07, 6.45) is 4.48. The number of piperidine rings is 1. The molecule has 2 saturated heterocycles. The van der Waals surface area contributed by atoms with E-state index in [0.717, 1.165) is 62.2 Å². The lowest BCUT2D eigenvalue weighted by Gasteiger charge is -2.37. The van der Waals surface area contributed by atoms with Gasteiger partial charge in [-0.05, 0) is 30.9 Å². The molecule has 0 saturated carbocycles. The van der Waals surface area contributed by atoms with Gasteiger partial charge in [0.2, 0.25) is 0 Å². The van der Waals surface area contributed by atoms with Gasteiger partial charge in [-0.25, -0.2) is 4.98 Å². The number of morpholine rings is 1. The van der Waals surface area contributed by atoms with Crippen LogP contribution in [0.4, 0.5) is 5.82 Å². The molecule has 2 aliphatic rings. The van der Waals surface area contributed by atoms with Crippen molar-refractivity contribution in [1.29, 1.82) is 0 Å². The monoisotopic (exact) mass is 312 g/mol. The standard InChI is InChI=1S/C18H24N4O/c1-2-6-17-16(5-1)19-12-18(20-17)22-7-3-4-15(14-22)13-21-8-10-23-11-9-21/h1-2,5-6,12,15H,3-4,7-11,13-14H2/t15-/m0/s1. The molecule has 1 atom stereocenters. The molecule has 3 heterocycles. The number of anilines is 1. The van der Waals surface area contributed by atoms with E-state index in [1.807, 2.05) is 30.5 Å². The maximum atomic E-state index is 5.45. The number of fused-ring (bicyclic) bond motifs is 1. The van der Waals surface area contributed by atoms with Crippen molar-refractivity contribution in [2.45, 2.75) is 12.8 Å². The quantitative estimate of drug-likeness (QED) is 0.869. The van der Waals surface area contributed by atoms with E-state index < -0.39 is 0 Å². The summed E-state index contributed by atoms with van der Waals surface area (Å²) in [5.41, 5.74) is 1.96. The molecule has 1 aromatic heterocycles. The fourth-order valence-corrected chi connectivity index (χ4v) is 3.67. The summed E-state index contributed by atoms with van der Waals surface area (Å²) in [6, 6.07) is 8.10. The molecule has 5 nitrogen and oxygen atoms in total. The van der Waals surface area contributed by atoms with E-state index in [1.54, 1.807) is 0 Å². The highest BCUT2D eigenvalue weighted by Crippen LogP contribution is 2.23. The van der Waals surface area contributed by atoms with Crippen molar-refractivity contribution < 1.29 is 4.74 Å². The van der Waals surface area contributed by atoms with Crippen LogP contribution < -0.4 is 4.90 Å². The Kier molecular flexibility index (Phi) is 4.39. The predicted molar refractivity (Wildman–Crippen MR) is 91.7 cm³/mol. The lowest BCUT2D eigenvalue weighted by molar-refractivity contribution is 0.0296. The molecule has 2 fully saturated rings. The van der Waals surface area contributed by atoms with Gasteiger partial charge in [0.15, 0.2) is 0 Å².